The second kappa shape index (κ2) is 5.75. The lowest BCUT2D eigenvalue weighted by molar-refractivity contribution is 0.0699. The number of rotatable bonds is 4. The van der Waals surface area contributed by atoms with Crippen molar-refractivity contribution in [2.75, 3.05) is 5.32 Å². The number of anilines is 2. The third kappa shape index (κ3) is 2.69. The van der Waals surface area contributed by atoms with Crippen molar-refractivity contribution >= 4 is 28.5 Å². The van der Waals surface area contributed by atoms with Crippen molar-refractivity contribution in [3.05, 3.63) is 60.7 Å². The van der Waals surface area contributed by atoms with Gasteiger partial charge in [0.2, 0.25) is 5.95 Å². The van der Waals surface area contributed by atoms with E-state index in [2.05, 4.69) is 20.4 Å². The molecule has 8 heteroatoms. The smallest absolute Gasteiger partial charge is 0.337 e. The highest BCUT2D eigenvalue weighted by Crippen LogP contribution is 2.24. The predicted octanol–water partition coefficient (Wildman–Crippen LogP) is 2.60. The number of fused-ring (bicyclic) bond motifs is 1. The van der Waals surface area contributed by atoms with E-state index in [1.54, 1.807) is 40.0 Å². The first-order valence-electron chi connectivity index (χ1n) is 7.54. The Hall–Kier alpha value is -3.68. The summed E-state index contributed by atoms with van der Waals surface area (Å²) in [5.74, 6) is 0.00274. The number of nitrogens with one attached hydrogen (secondary N) is 1. The van der Waals surface area contributed by atoms with E-state index in [0.717, 1.165) is 11.2 Å². The van der Waals surface area contributed by atoms with Crippen LogP contribution in [0.5, 0.6) is 0 Å². The summed E-state index contributed by atoms with van der Waals surface area (Å²) in [6.45, 7) is 0. The third-order valence-electron chi connectivity index (χ3n) is 3.79. The van der Waals surface area contributed by atoms with Crippen molar-refractivity contribution in [2.24, 2.45) is 7.05 Å². The van der Waals surface area contributed by atoms with E-state index in [0.29, 0.717) is 17.2 Å². The van der Waals surface area contributed by atoms with Gasteiger partial charge in [0.1, 0.15) is 5.82 Å². The van der Waals surface area contributed by atoms with Crippen LogP contribution in [0.2, 0.25) is 0 Å². The van der Waals surface area contributed by atoms with Gasteiger partial charge < -0.3 is 15.0 Å². The van der Waals surface area contributed by atoms with E-state index < -0.39 is 5.97 Å². The number of hydrogen-bond donors (Lipinski definition) is 2. The summed E-state index contributed by atoms with van der Waals surface area (Å²) in [5, 5.41) is 17.3. The molecular weight excluding hydrogens is 320 g/mol. The van der Waals surface area contributed by atoms with Crippen LogP contribution in [0.1, 0.15) is 10.4 Å². The minimum Gasteiger partial charge on any atom is -0.478 e. The molecule has 3 aromatic heterocycles. The largest absolute Gasteiger partial charge is 0.478 e. The maximum absolute atomic E-state index is 11.5. The zero-order valence-electron chi connectivity index (χ0n) is 13.3. The zero-order chi connectivity index (χ0) is 17.4. The van der Waals surface area contributed by atoms with Gasteiger partial charge in [-0.05, 0) is 12.1 Å². The molecule has 0 saturated heterocycles. The third-order valence-corrected chi connectivity index (χ3v) is 3.79. The molecule has 0 saturated carbocycles. The van der Waals surface area contributed by atoms with E-state index in [1.807, 2.05) is 31.4 Å². The number of aromatic carboxylic acids is 1. The minimum absolute atomic E-state index is 0.232. The number of nitrogens with zero attached hydrogens (tertiary/aromatic N) is 5. The number of para-hydroxylation sites is 1. The average molecular weight is 334 g/mol. The van der Waals surface area contributed by atoms with E-state index in [1.165, 1.54) is 0 Å². The molecule has 0 spiro atoms. The Morgan fingerprint density at radius 2 is 2.04 bits per heavy atom. The summed E-state index contributed by atoms with van der Waals surface area (Å²) in [6.07, 6.45) is 6.67. The van der Waals surface area contributed by atoms with E-state index in [9.17, 15) is 9.90 Å². The van der Waals surface area contributed by atoms with Crippen LogP contribution in [-0.4, -0.2) is 35.4 Å². The van der Waals surface area contributed by atoms with Gasteiger partial charge in [0.05, 0.1) is 23.0 Å². The number of carbonyl (C=O) groups is 1. The van der Waals surface area contributed by atoms with E-state index in [-0.39, 0.29) is 5.56 Å². The highest BCUT2D eigenvalue weighted by molar-refractivity contribution is 6.03. The fraction of sp³-hybridized carbons (Fsp3) is 0.0588. The minimum atomic E-state index is -0.974. The number of aromatic nitrogens is 5. The van der Waals surface area contributed by atoms with Crippen LogP contribution in [0.15, 0.2) is 55.1 Å². The van der Waals surface area contributed by atoms with Gasteiger partial charge in [-0.1, -0.05) is 18.2 Å². The Morgan fingerprint density at radius 1 is 1.20 bits per heavy atom. The van der Waals surface area contributed by atoms with Crippen LogP contribution in [0.25, 0.3) is 16.7 Å². The molecule has 0 aliphatic carbocycles. The molecule has 0 aliphatic heterocycles. The molecule has 25 heavy (non-hydrogen) atoms. The molecule has 4 aromatic rings. The molecule has 0 aliphatic rings. The van der Waals surface area contributed by atoms with Crippen LogP contribution in [0.4, 0.5) is 11.6 Å². The fourth-order valence-corrected chi connectivity index (χ4v) is 2.70. The lowest BCUT2D eigenvalue weighted by atomic mass is 10.2. The summed E-state index contributed by atoms with van der Waals surface area (Å²) < 4.78 is 3.42. The van der Waals surface area contributed by atoms with Gasteiger partial charge in [-0.3, -0.25) is 4.68 Å². The molecule has 0 unspecified atom stereocenters. The first kappa shape index (κ1) is 14.9. The lowest BCUT2D eigenvalue weighted by Crippen LogP contribution is -2.02. The second-order valence-electron chi connectivity index (χ2n) is 5.50. The van der Waals surface area contributed by atoms with Crippen molar-refractivity contribution in [2.45, 2.75) is 0 Å². The zero-order valence-corrected chi connectivity index (χ0v) is 13.3. The Morgan fingerprint density at radius 3 is 2.80 bits per heavy atom. The Balaban J connectivity index is 1.79. The standard InChI is InChI=1S/C17H14N6O2/c1-22-9-11(8-19-22)20-17-18-7-6-15(21-17)23-10-13(16(24)25)12-4-2-3-5-14(12)23/h2-10H,1H3,(H,24,25)(H,18,20,21). The number of aryl methyl sites for hydroxylation is 1. The van der Waals surface area contributed by atoms with Crippen LogP contribution in [-0.2, 0) is 7.05 Å². The molecule has 8 nitrogen and oxygen atoms in total. The molecule has 0 atom stereocenters. The quantitative estimate of drug-likeness (QED) is 0.595. The highest BCUT2D eigenvalue weighted by Gasteiger charge is 2.15. The molecule has 0 fully saturated rings. The topological polar surface area (TPSA) is 97.9 Å². The van der Waals surface area contributed by atoms with Crippen LogP contribution in [0.3, 0.4) is 0 Å². The van der Waals surface area contributed by atoms with Crippen molar-refractivity contribution < 1.29 is 9.90 Å². The Bertz CT molecular complexity index is 1080. The van der Waals surface area contributed by atoms with Crippen LogP contribution in [0, 0.1) is 0 Å². The van der Waals surface area contributed by atoms with Crippen LogP contribution >= 0.6 is 0 Å². The molecule has 0 bridgehead atoms. The van der Waals surface area contributed by atoms with Gasteiger partial charge in [-0.15, -0.1) is 0 Å². The molecular formula is C17H14N6O2. The highest BCUT2D eigenvalue weighted by atomic mass is 16.4. The molecule has 0 radical (unpaired) electrons. The molecule has 1 aromatic carbocycles. The van der Waals surface area contributed by atoms with Gasteiger partial charge in [-0.25, -0.2) is 9.78 Å². The number of carboxylic acid groups (broad SMARTS) is 1. The maximum Gasteiger partial charge on any atom is 0.337 e. The van der Waals surface area contributed by atoms with Crippen molar-refractivity contribution in [1.82, 2.24) is 24.3 Å². The van der Waals surface area contributed by atoms with Crippen molar-refractivity contribution in [1.29, 1.82) is 0 Å². The second-order valence-corrected chi connectivity index (χ2v) is 5.50. The molecule has 4 rings (SSSR count). The normalized spacial score (nSPS) is 10.9. The fourth-order valence-electron chi connectivity index (χ4n) is 2.70. The van der Waals surface area contributed by atoms with Crippen molar-refractivity contribution in [3.8, 4) is 5.82 Å². The van der Waals surface area contributed by atoms with E-state index >= 15 is 0 Å². The first-order chi connectivity index (χ1) is 12.1. The SMILES string of the molecule is Cn1cc(Nc2nccc(-n3cc(C(=O)O)c4ccccc43)n2)cn1. The number of hydrogen-bond acceptors (Lipinski definition) is 5. The summed E-state index contributed by atoms with van der Waals surface area (Å²) in [6, 6.07) is 9.05. The summed E-state index contributed by atoms with van der Waals surface area (Å²) in [5.41, 5.74) is 1.77. The molecule has 3 heterocycles. The number of benzene rings is 1. The van der Waals surface area contributed by atoms with Crippen molar-refractivity contribution in [3.63, 3.8) is 0 Å². The summed E-state index contributed by atoms with van der Waals surface area (Å²) in [4.78, 5) is 20.2. The predicted molar refractivity (Wildman–Crippen MR) is 92.3 cm³/mol. The van der Waals surface area contributed by atoms with Gasteiger partial charge in [-0.2, -0.15) is 10.1 Å². The summed E-state index contributed by atoms with van der Waals surface area (Å²) >= 11 is 0. The Kier molecular flexibility index (Phi) is 3.42. The van der Waals surface area contributed by atoms with Gasteiger partial charge in [0, 0.05) is 31.0 Å². The molecule has 124 valence electrons. The summed E-state index contributed by atoms with van der Waals surface area (Å²) in [7, 11) is 1.82. The maximum atomic E-state index is 11.5. The molecule has 2 N–H and O–H groups in total. The first-order valence-corrected chi connectivity index (χ1v) is 7.54. The number of carboxylic acids is 1. The Labute approximate surface area is 142 Å². The van der Waals surface area contributed by atoms with Gasteiger partial charge in [0.25, 0.3) is 0 Å². The van der Waals surface area contributed by atoms with Crippen LogP contribution < -0.4 is 5.32 Å². The van der Waals surface area contributed by atoms with Gasteiger partial charge >= 0.3 is 5.97 Å². The molecule has 0 amide bonds. The van der Waals surface area contributed by atoms with E-state index in [4.69, 9.17) is 0 Å². The lowest BCUT2D eigenvalue weighted by Gasteiger charge is -2.07. The van der Waals surface area contributed by atoms with Gasteiger partial charge in [0.15, 0.2) is 0 Å². The average Bonchev–Trinajstić information content (AvgIpc) is 3.19. The monoisotopic (exact) mass is 334 g/mol.